The van der Waals surface area contributed by atoms with Crippen molar-refractivity contribution in [2.75, 3.05) is 0 Å². The third-order valence-corrected chi connectivity index (χ3v) is 1.34. The molecule has 0 heterocycles. The first-order valence-corrected chi connectivity index (χ1v) is 4.61. The maximum absolute atomic E-state index is 10.9. The van der Waals surface area contributed by atoms with Gasteiger partial charge in [0.05, 0.1) is 0 Å². The van der Waals surface area contributed by atoms with Crippen molar-refractivity contribution in [2.45, 2.75) is 19.3 Å². The molecule has 108 valence electrons. The van der Waals surface area contributed by atoms with Gasteiger partial charge in [0.1, 0.15) is 19.3 Å². The summed E-state index contributed by atoms with van der Waals surface area (Å²) in [6.07, 6.45) is -3.27. The minimum atomic E-state index is -1.53. The Morgan fingerprint density at radius 2 is 0.857 bits per heavy atom. The quantitative estimate of drug-likeness (QED) is 0.273. The van der Waals surface area contributed by atoms with E-state index in [1.807, 2.05) is 0 Å². The molecule has 12 heteroatoms. The molecule has 0 aromatic heterocycles. The fourth-order valence-corrected chi connectivity index (χ4v) is 0.763. The monoisotopic (exact) mass is 324 g/mol. The molecule has 0 radical (unpaired) electrons. The van der Waals surface area contributed by atoms with E-state index in [1.54, 1.807) is 0 Å². The second-order valence-corrected chi connectivity index (χ2v) is 3.01. The number of esters is 4. The minimum absolute atomic E-state index is 0. The Hall–Kier alpha value is -0.780. The Morgan fingerprint density at radius 3 is 1.10 bits per heavy atom. The van der Waals surface area contributed by atoms with Crippen molar-refractivity contribution in [1.82, 2.24) is 0 Å². The summed E-state index contributed by atoms with van der Waals surface area (Å²) in [5.74, 6) is -8.67. The fraction of sp³-hybridized carbons (Fsp3) is 0.333. The van der Waals surface area contributed by atoms with Crippen molar-refractivity contribution in [3.63, 3.8) is 0 Å². The van der Waals surface area contributed by atoms with Gasteiger partial charge in [0.25, 0.3) is 0 Å². The first kappa shape index (κ1) is 25.2. The molecule has 0 aliphatic heterocycles. The van der Waals surface area contributed by atoms with Crippen LogP contribution in [0, 0.1) is 0 Å². The molecule has 0 rings (SSSR count). The first-order valence-electron chi connectivity index (χ1n) is 4.61. The van der Waals surface area contributed by atoms with Crippen molar-refractivity contribution >= 4 is 35.8 Å². The Morgan fingerprint density at radius 1 is 0.619 bits per heavy atom. The molecule has 0 fully saturated rings. The molecule has 0 aromatic carbocycles. The fourth-order valence-electron chi connectivity index (χ4n) is 0.763. The smallest absolute Gasteiger partial charge is 1.00 e. The van der Waals surface area contributed by atoms with Crippen LogP contribution in [0.5, 0.6) is 0 Å². The number of carbonyl (C=O) groups is 6. The number of aliphatic carboxylic acids is 2. The van der Waals surface area contributed by atoms with Crippen molar-refractivity contribution in [2.24, 2.45) is 0 Å². The molecule has 10 nitrogen and oxygen atoms in total. The normalized spacial score (nSPS) is 8.38. The molecular weight excluding hydrogens is 314 g/mol. The Kier molecular flexibility index (Phi) is 15.5. The summed E-state index contributed by atoms with van der Waals surface area (Å²) in [5, 5.41) is 16.4. The summed E-state index contributed by atoms with van der Waals surface area (Å²) >= 11 is 0. The van der Waals surface area contributed by atoms with Crippen LogP contribution in [0.1, 0.15) is 22.1 Å². The van der Waals surface area contributed by atoms with Crippen LogP contribution in [0.25, 0.3) is 0 Å². The summed E-state index contributed by atoms with van der Waals surface area (Å²) in [5.41, 5.74) is 0. The van der Waals surface area contributed by atoms with E-state index in [2.05, 4.69) is 9.47 Å². The zero-order valence-electron chi connectivity index (χ0n) is 13.3. The molecule has 0 saturated heterocycles. The number of carboxylic acids is 2. The van der Waals surface area contributed by atoms with Crippen LogP contribution in [-0.4, -0.2) is 46.0 Å². The average molecular weight is 324 g/mol. The van der Waals surface area contributed by atoms with Gasteiger partial charge in [-0.25, -0.2) is 0 Å². The van der Waals surface area contributed by atoms with Gasteiger partial charge >= 0.3 is 94.9 Å². The van der Waals surface area contributed by atoms with E-state index >= 15 is 0 Å². The van der Waals surface area contributed by atoms with E-state index in [9.17, 15) is 28.8 Å². The van der Waals surface area contributed by atoms with Gasteiger partial charge in [-0.15, -0.1) is 0 Å². The van der Waals surface area contributed by atoms with Gasteiger partial charge in [-0.1, -0.05) is 0 Å². The maximum atomic E-state index is 10.9. The molecule has 0 spiro atoms. The van der Waals surface area contributed by atoms with E-state index in [0.717, 1.165) is 0 Å². The number of ether oxygens (including phenoxy) is 2. The summed E-state index contributed by atoms with van der Waals surface area (Å²) in [6, 6.07) is 0. The zero-order chi connectivity index (χ0) is 15.0. The third-order valence-electron chi connectivity index (χ3n) is 1.34. The molecule has 0 aromatic rings. The zero-order valence-corrected chi connectivity index (χ0v) is 15.3. The van der Waals surface area contributed by atoms with Crippen LogP contribution in [-0.2, 0) is 38.2 Å². The van der Waals surface area contributed by atoms with E-state index in [0.29, 0.717) is 0 Å². The molecule has 21 heavy (non-hydrogen) atoms. The first-order chi connectivity index (χ1) is 8.70. The van der Waals surface area contributed by atoms with Gasteiger partial charge in [0.2, 0.25) is 0 Å². The third kappa shape index (κ3) is 15.4. The molecule has 0 unspecified atom stereocenters. The van der Waals surface area contributed by atoms with E-state index in [4.69, 9.17) is 10.2 Å². The summed E-state index contributed by atoms with van der Waals surface area (Å²) in [4.78, 5) is 63.3. The van der Waals surface area contributed by atoms with Gasteiger partial charge in [-0.05, 0) is 0 Å². The van der Waals surface area contributed by atoms with Crippen molar-refractivity contribution in [1.29, 1.82) is 0 Å². The Balaban J connectivity index is -0.000000270. The summed E-state index contributed by atoms with van der Waals surface area (Å²) in [7, 11) is 0. The predicted octanol–water partition coefficient (Wildman–Crippen LogP) is -7.30. The molecule has 0 saturated carbocycles. The maximum Gasteiger partial charge on any atom is 1.00 e. The van der Waals surface area contributed by atoms with Crippen molar-refractivity contribution < 1.29 is 110 Å². The standard InChI is InChI=1S/C9H8O10.2Na.2H/c10-4(11)1-6(14)18-8(16)3-9(17)19-7(15)2-5(12)13;;;;/h1-3H2,(H,10,11)(H,12,13);;;;/q;2*+1;2*-1. The summed E-state index contributed by atoms with van der Waals surface area (Å²) in [6.45, 7) is 0. The van der Waals surface area contributed by atoms with Crippen LogP contribution in [0.3, 0.4) is 0 Å². The number of hydrogen-bond donors (Lipinski definition) is 2. The molecule has 0 amide bonds. The van der Waals surface area contributed by atoms with Crippen molar-refractivity contribution in [3.05, 3.63) is 0 Å². The average Bonchev–Trinajstić information content (AvgIpc) is 2.12. The molecule has 2 N–H and O–H groups in total. The topological polar surface area (TPSA) is 161 Å². The van der Waals surface area contributed by atoms with E-state index in [-0.39, 0.29) is 62.0 Å². The molecule has 0 aliphatic carbocycles. The van der Waals surface area contributed by atoms with Crippen LogP contribution in [0.15, 0.2) is 0 Å². The van der Waals surface area contributed by atoms with Crippen LogP contribution >= 0.6 is 0 Å². The van der Waals surface area contributed by atoms with Gasteiger partial charge in [0, 0.05) is 0 Å². The van der Waals surface area contributed by atoms with Crippen LogP contribution < -0.4 is 59.1 Å². The Labute approximate surface area is 164 Å². The van der Waals surface area contributed by atoms with E-state index < -0.39 is 55.1 Å². The van der Waals surface area contributed by atoms with Crippen LogP contribution in [0.4, 0.5) is 0 Å². The molecule has 0 bridgehead atoms. The van der Waals surface area contributed by atoms with Crippen LogP contribution in [0.2, 0.25) is 0 Å². The van der Waals surface area contributed by atoms with E-state index in [1.165, 1.54) is 0 Å². The van der Waals surface area contributed by atoms with Crippen molar-refractivity contribution in [3.8, 4) is 0 Å². The molecule has 0 aliphatic rings. The van der Waals surface area contributed by atoms with Gasteiger partial charge in [-0.2, -0.15) is 0 Å². The van der Waals surface area contributed by atoms with Gasteiger partial charge in [-0.3, -0.25) is 28.8 Å². The second kappa shape index (κ2) is 12.9. The minimum Gasteiger partial charge on any atom is -1.00 e. The largest absolute Gasteiger partial charge is 1.00 e. The van der Waals surface area contributed by atoms with Gasteiger partial charge < -0.3 is 22.5 Å². The summed E-state index contributed by atoms with van der Waals surface area (Å²) < 4.78 is 7.81. The Bertz CT molecular complexity index is 414. The number of carbonyl (C=O) groups excluding carboxylic acids is 4. The van der Waals surface area contributed by atoms with Gasteiger partial charge in [0.15, 0.2) is 0 Å². The number of carboxylic acid groups (broad SMARTS) is 2. The second-order valence-electron chi connectivity index (χ2n) is 3.01. The number of rotatable bonds is 6. The molecule has 0 atom stereocenters. The number of hydrogen-bond acceptors (Lipinski definition) is 8. The predicted molar refractivity (Wildman–Crippen MR) is 53.5 cm³/mol. The SMILES string of the molecule is O=C(O)CC(=O)OC(=O)CC(=O)OC(=O)CC(=O)O.[H-].[H-].[Na+].[Na+]. The molecular formula is C9H10Na2O10.